The summed E-state index contributed by atoms with van der Waals surface area (Å²) in [6, 6.07) is 11.2. The number of H-pyrrole nitrogens is 1. The van der Waals surface area contributed by atoms with Crippen molar-refractivity contribution in [3.05, 3.63) is 59.4 Å². The molecule has 2 aromatic carbocycles. The van der Waals surface area contributed by atoms with Crippen LogP contribution in [0, 0.1) is 0 Å². The molecule has 7 nitrogen and oxygen atoms in total. The number of carbonyl (C=O) groups is 1. The first-order chi connectivity index (χ1) is 13.4. The second-order valence-electron chi connectivity index (χ2n) is 6.78. The van der Waals surface area contributed by atoms with E-state index in [1.54, 1.807) is 35.5 Å². The molecule has 9 heteroatoms. The van der Waals surface area contributed by atoms with Crippen molar-refractivity contribution in [3.63, 3.8) is 0 Å². The molecule has 1 fully saturated rings. The number of fused-ring (bicyclic) bond motifs is 1. The van der Waals surface area contributed by atoms with Crippen molar-refractivity contribution in [1.29, 1.82) is 0 Å². The lowest BCUT2D eigenvalue weighted by Gasteiger charge is -2.32. The van der Waals surface area contributed by atoms with Crippen LogP contribution in [0.2, 0.25) is 5.02 Å². The van der Waals surface area contributed by atoms with Gasteiger partial charge in [0.2, 0.25) is 10.0 Å². The highest BCUT2D eigenvalue weighted by molar-refractivity contribution is 7.89. The van der Waals surface area contributed by atoms with E-state index in [-0.39, 0.29) is 16.8 Å². The molecule has 0 radical (unpaired) electrons. The van der Waals surface area contributed by atoms with E-state index in [1.165, 1.54) is 12.1 Å². The van der Waals surface area contributed by atoms with Gasteiger partial charge in [0.1, 0.15) is 0 Å². The van der Waals surface area contributed by atoms with Gasteiger partial charge in [-0.15, -0.1) is 0 Å². The number of aromatic nitrogens is 2. The number of rotatable bonds is 4. The van der Waals surface area contributed by atoms with Crippen LogP contribution in [0.1, 0.15) is 23.2 Å². The van der Waals surface area contributed by atoms with Gasteiger partial charge in [0.05, 0.1) is 22.3 Å². The quantitative estimate of drug-likeness (QED) is 0.681. The first-order valence-electron chi connectivity index (χ1n) is 8.93. The van der Waals surface area contributed by atoms with Gasteiger partial charge >= 0.3 is 0 Å². The van der Waals surface area contributed by atoms with E-state index >= 15 is 0 Å². The molecule has 146 valence electrons. The first-order valence-corrected chi connectivity index (χ1v) is 10.8. The predicted octanol–water partition coefficient (Wildman–Crippen LogP) is 2.80. The van der Waals surface area contributed by atoms with Gasteiger partial charge in [0.25, 0.3) is 5.91 Å². The van der Waals surface area contributed by atoms with Crippen molar-refractivity contribution in [1.82, 2.24) is 19.6 Å². The Labute approximate surface area is 167 Å². The zero-order chi connectivity index (χ0) is 19.7. The van der Waals surface area contributed by atoms with Crippen LogP contribution < -0.4 is 4.72 Å². The largest absolute Gasteiger partial charge is 0.345 e. The predicted molar refractivity (Wildman–Crippen MR) is 107 cm³/mol. The Bertz CT molecular complexity index is 1100. The summed E-state index contributed by atoms with van der Waals surface area (Å²) >= 11 is 5.82. The Kier molecular flexibility index (Phi) is 5.09. The number of likely N-dealkylation sites (tertiary alicyclic amines) is 1. The second-order valence-corrected chi connectivity index (χ2v) is 8.93. The normalized spacial score (nSPS) is 15.8. The molecule has 2 heterocycles. The highest BCUT2D eigenvalue weighted by Gasteiger charge is 2.27. The maximum atomic E-state index is 12.8. The van der Waals surface area contributed by atoms with Crippen LogP contribution in [0.15, 0.2) is 53.7 Å². The number of halogens is 1. The summed E-state index contributed by atoms with van der Waals surface area (Å²) in [6.07, 6.45) is 2.72. The van der Waals surface area contributed by atoms with Gasteiger partial charge in [-0.3, -0.25) is 4.79 Å². The van der Waals surface area contributed by atoms with Gasteiger partial charge < -0.3 is 9.88 Å². The van der Waals surface area contributed by atoms with Gasteiger partial charge in [-0.05, 0) is 55.3 Å². The molecule has 0 spiro atoms. The summed E-state index contributed by atoms with van der Waals surface area (Å²) in [7, 11) is -3.61. The Hall–Kier alpha value is -2.42. The number of imidazole rings is 1. The first kappa shape index (κ1) is 18.9. The van der Waals surface area contributed by atoms with Crippen LogP contribution in [-0.4, -0.2) is 48.3 Å². The van der Waals surface area contributed by atoms with Gasteiger partial charge in [-0.25, -0.2) is 18.1 Å². The summed E-state index contributed by atoms with van der Waals surface area (Å²) in [4.78, 5) is 21.8. The van der Waals surface area contributed by atoms with Gasteiger partial charge in [-0.2, -0.15) is 0 Å². The molecule has 0 atom stereocenters. The Morgan fingerprint density at radius 3 is 2.57 bits per heavy atom. The van der Waals surface area contributed by atoms with Crippen molar-refractivity contribution >= 4 is 38.6 Å². The van der Waals surface area contributed by atoms with E-state index < -0.39 is 10.0 Å². The average molecular weight is 419 g/mol. The topological polar surface area (TPSA) is 95.2 Å². The highest BCUT2D eigenvalue weighted by atomic mass is 35.5. The van der Waals surface area contributed by atoms with E-state index in [0.717, 1.165) is 11.0 Å². The third-order valence-electron chi connectivity index (χ3n) is 4.90. The number of aromatic amines is 1. The van der Waals surface area contributed by atoms with E-state index in [2.05, 4.69) is 14.7 Å². The molecule has 1 amide bonds. The van der Waals surface area contributed by atoms with Crippen molar-refractivity contribution < 1.29 is 13.2 Å². The lowest BCUT2D eigenvalue weighted by molar-refractivity contribution is 0.0711. The zero-order valence-electron chi connectivity index (χ0n) is 14.9. The molecule has 4 rings (SSSR count). The number of carbonyl (C=O) groups excluding carboxylic acids is 1. The van der Waals surface area contributed by atoms with Gasteiger partial charge in [0.15, 0.2) is 0 Å². The molecule has 0 aliphatic carbocycles. The Morgan fingerprint density at radius 1 is 1.14 bits per heavy atom. The van der Waals surface area contributed by atoms with E-state index in [1.807, 2.05) is 6.07 Å². The maximum Gasteiger partial charge on any atom is 0.253 e. The number of nitrogens with one attached hydrogen (secondary N) is 2. The van der Waals surface area contributed by atoms with Crippen LogP contribution in [0.5, 0.6) is 0 Å². The van der Waals surface area contributed by atoms with Crippen LogP contribution in [0.25, 0.3) is 11.0 Å². The number of benzene rings is 2. The SMILES string of the molecule is O=C(c1ccc2nc[nH]c2c1)N1CCC(NS(=O)(=O)c2ccc(Cl)cc2)CC1. The molecule has 1 aliphatic heterocycles. The van der Waals surface area contributed by atoms with Crippen LogP contribution in [0.4, 0.5) is 0 Å². The zero-order valence-corrected chi connectivity index (χ0v) is 16.5. The fraction of sp³-hybridized carbons (Fsp3) is 0.263. The number of amides is 1. The fourth-order valence-corrected chi connectivity index (χ4v) is 4.78. The van der Waals surface area contributed by atoms with Crippen molar-refractivity contribution in [2.75, 3.05) is 13.1 Å². The smallest absolute Gasteiger partial charge is 0.253 e. The summed E-state index contributed by atoms with van der Waals surface area (Å²) in [6.45, 7) is 0.987. The van der Waals surface area contributed by atoms with Crippen molar-refractivity contribution in [2.24, 2.45) is 0 Å². The maximum absolute atomic E-state index is 12.8. The number of hydrogen-bond donors (Lipinski definition) is 2. The van der Waals surface area contributed by atoms with E-state index in [9.17, 15) is 13.2 Å². The molecule has 2 N–H and O–H groups in total. The van der Waals surface area contributed by atoms with Crippen LogP contribution in [-0.2, 0) is 10.0 Å². The van der Waals surface area contributed by atoms with E-state index in [4.69, 9.17) is 11.6 Å². The summed E-state index contributed by atoms with van der Waals surface area (Å²) in [5.41, 5.74) is 2.22. The minimum absolute atomic E-state index is 0.0597. The molecule has 1 saturated heterocycles. The van der Waals surface area contributed by atoms with Crippen molar-refractivity contribution in [2.45, 2.75) is 23.8 Å². The molecular formula is C19H19ClN4O3S. The minimum Gasteiger partial charge on any atom is -0.345 e. The molecule has 0 saturated carbocycles. The Morgan fingerprint density at radius 2 is 1.86 bits per heavy atom. The molecule has 0 unspecified atom stereocenters. The standard InChI is InChI=1S/C19H19ClN4O3S/c20-14-2-4-16(5-3-14)28(26,27)23-15-7-9-24(10-8-15)19(25)13-1-6-17-18(11-13)22-12-21-17/h1-6,11-12,15,23H,7-10H2,(H,21,22). The summed E-state index contributed by atoms with van der Waals surface area (Å²) in [5.74, 6) is -0.0597. The lowest BCUT2D eigenvalue weighted by Crippen LogP contribution is -2.46. The van der Waals surface area contributed by atoms with Crippen LogP contribution in [0.3, 0.4) is 0 Å². The minimum atomic E-state index is -3.61. The molecular weight excluding hydrogens is 400 g/mol. The number of hydrogen-bond acceptors (Lipinski definition) is 4. The molecule has 28 heavy (non-hydrogen) atoms. The number of nitrogens with zero attached hydrogens (tertiary/aromatic N) is 2. The molecule has 1 aliphatic rings. The fourth-order valence-electron chi connectivity index (χ4n) is 3.35. The van der Waals surface area contributed by atoms with E-state index in [0.29, 0.717) is 36.5 Å². The Balaban J connectivity index is 1.38. The molecule has 1 aromatic heterocycles. The summed E-state index contributed by atoms with van der Waals surface area (Å²) in [5, 5.41) is 0.485. The number of piperidine rings is 1. The molecule has 3 aromatic rings. The van der Waals surface area contributed by atoms with Crippen LogP contribution >= 0.6 is 11.6 Å². The average Bonchev–Trinajstić information content (AvgIpc) is 3.16. The van der Waals surface area contributed by atoms with Crippen molar-refractivity contribution in [3.8, 4) is 0 Å². The summed E-state index contributed by atoms with van der Waals surface area (Å²) < 4.78 is 27.7. The lowest BCUT2D eigenvalue weighted by atomic mass is 10.0. The monoisotopic (exact) mass is 418 g/mol. The third-order valence-corrected chi connectivity index (χ3v) is 6.68. The third kappa shape index (κ3) is 3.89. The highest BCUT2D eigenvalue weighted by Crippen LogP contribution is 2.19. The second kappa shape index (κ2) is 7.54. The van der Waals surface area contributed by atoms with Gasteiger partial charge in [0, 0.05) is 29.7 Å². The number of sulfonamides is 1. The van der Waals surface area contributed by atoms with Gasteiger partial charge in [-0.1, -0.05) is 11.6 Å². The molecule has 0 bridgehead atoms.